The summed E-state index contributed by atoms with van der Waals surface area (Å²) in [5.74, 6) is 1.72. The Bertz CT molecular complexity index is 519. The van der Waals surface area contributed by atoms with Gasteiger partial charge in [-0.2, -0.15) is 0 Å². The first kappa shape index (κ1) is 26.9. The van der Waals surface area contributed by atoms with E-state index in [-0.39, 0.29) is 18.0 Å². The second kappa shape index (κ2) is 15.4. The van der Waals surface area contributed by atoms with Crippen LogP contribution in [-0.4, -0.2) is 44.0 Å². The number of carbonyl (C=O) groups excluding carboxylic acids is 1. The van der Waals surface area contributed by atoms with E-state index in [1.807, 2.05) is 0 Å². The van der Waals surface area contributed by atoms with Crippen LogP contribution < -0.4 is 10.6 Å². The maximum absolute atomic E-state index is 12.7. The molecule has 3 rings (SSSR count). The van der Waals surface area contributed by atoms with Crippen LogP contribution in [0, 0.1) is 17.8 Å². The predicted octanol–water partition coefficient (Wildman–Crippen LogP) is 5.96. The zero-order valence-corrected chi connectivity index (χ0v) is 21.6. The summed E-state index contributed by atoms with van der Waals surface area (Å²) in [6.07, 6.45) is 20.1. The summed E-state index contributed by atoms with van der Waals surface area (Å²) in [5.41, 5.74) is 0. The van der Waals surface area contributed by atoms with Crippen molar-refractivity contribution in [1.29, 1.82) is 0 Å². The van der Waals surface area contributed by atoms with Crippen LogP contribution in [0.5, 0.6) is 0 Å². The maximum atomic E-state index is 12.7. The van der Waals surface area contributed by atoms with Gasteiger partial charge in [-0.3, -0.25) is 15.4 Å². The lowest BCUT2D eigenvalue weighted by molar-refractivity contribution is -0.157. The summed E-state index contributed by atoms with van der Waals surface area (Å²) in [5, 5.41) is 7.37. The Hall–Kier alpha value is -0.650. The third-order valence-electron chi connectivity index (χ3n) is 8.33. The average molecular weight is 465 g/mol. The fourth-order valence-electron chi connectivity index (χ4n) is 6.14. The van der Waals surface area contributed by atoms with Gasteiger partial charge < -0.3 is 9.47 Å². The Morgan fingerprint density at radius 3 is 2.09 bits per heavy atom. The van der Waals surface area contributed by atoms with Gasteiger partial charge in [0.15, 0.2) is 0 Å². The third kappa shape index (κ3) is 9.49. The van der Waals surface area contributed by atoms with Crippen molar-refractivity contribution in [3.05, 3.63) is 0 Å². The van der Waals surface area contributed by atoms with E-state index in [0.717, 1.165) is 64.1 Å². The lowest BCUT2D eigenvalue weighted by Gasteiger charge is -2.39. The molecule has 5 heteroatoms. The Morgan fingerprint density at radius 1 is 0.758 bits per heavy atom. The zero-order valence-electron chi connectivity index (χ0n) is 21.6. The van der Waals surface area contributed by atoms with Gasteiger partial charge in [0.05, 0.1) is 18.2 Å². The lowest BCUT2D eigenvalue weighted by Crippen LogP contribution is -2.59. The number of hydrogen-bond acceptors (Lipinski definition) is 5. The fraction of sp³-hybridized carbons (Fsp3) is 0.964. The van der Waals surface area contributed by atoms with E-state index in [9.17, 15) is 4.79 Å². The average Bonchev–Trinajstić information content (AvgIpc) is 2.85. The molecule has 0 radical (unpaired) electrons. The van der Waals surface area contributed by atoms with Crippen LogP contribution in [0.3, 0.4) is 0 Å². The summed E-state index contributed by atoms with van der Waals surface area (Å²) in [7, 11) is 0. The van der Waals surface area contributed by atoms with Crippen LogP contribution in [0.4, 0.5) is 0 Å². The summed E-state index contributed by atoms with van der Waals surface area (Å²) in [6.45, 7) is 7.31. The molecule has 0 aromatic rings. The van der Waals surface area contributed by atoms with Crippen molar-refractivity contribution < 1.29 is 14.3 Å². The lowest BCUT2D eigenvalue weighted by atomic mass is 9.80. The highest BCUT2D eigenvalue weighted by atomic mass is 16.5. The highest BCUT2D eigenvalue weighted by Gasteiger charge is 2.33. The van der Waals surface area contributed by atoms with Crippen LogP contribution in [0.15, 0.2) is 0 Å². The number of carbonyl (C=O) groups is 1. The standard InChI is InChI=1S/C28H52N2O3/c1-3-5-6-7-8-9-19-32-26-20-29-27(30-21-26)23-15-17-25(18-16-23)33-28(31)24-13-11-22(10-4-2)12-14-24/h22-27,29-30H,3-21H2,1-2H3. The minimum absolute atomic E-state index is 0.0904. The van der Waals surface area contributed by atoms with E-state index >= 15 is 0 Å². The number of rotatable bonds is 13. The van der Waals surface area contributed by atoms with Gasteiger partial charge in [-0.25, -0.2) is 0 Å². The Balaban J connectivity index is 1.23. The molecule has 192 valence electrons. The molecule has 0 amide bonds. The second-order valence-corrected chi connectivity index (χ2v) is 11.0. The molecule has 0 aromatic carbocycles. The van der Waals surface area contributed by atoms with Crippen molar-refractivity contribution in [3.8, 4) is 0 Å². The van der Waals surface area contributed by atoms with Gasteiger partial charge in [0.25, 0.3) is 0 Å². The minimum atomic E-state index is 0.0904. The van der Waals surface area contributed by atoms with E-state index in [1.165, 1.54) is 64.2 Å². The Labute approximate surface area is 203 Å². The summed E-state index contributed by atoms with van der Waals surface area (Å²) in [6, 6.07) is 0. The van der Waals surface area contributed by atoms with Crippen molar-refractivity contribution in [1.82, 2.24) is 10.6 Å². The molecule has 3 fully saturated rings. The van der Waals surface area contributed by atoms with Crippen molar-refractivity contribution in [3.63, 3.8) is 0 Å². The molecule has 1 heterocycles. The predicted molar refractivity (Wildman–Crippen MR) is 135 cm³/mol. The van der Waals surface area contributed by atoms with E-state index in [2.05, 4.69) is 24.5 Å². The first-order valence-corrected chi connectivity index (χ1v) is 14.5. The number of unbranched alkanes of at least 4 members (excludes halogenated alkanes) is 5. The molecule has 1 saturated heterocycles. The first-order chi connectivity index (χ1) is 16.2. The van der Waals surface area contributed by atoms with E-state index < -0.39 is 0 Å². The van der Waals surface area contributed by atoms with E-state index in [0.29, 0.717) is 18.2 Å². The van der Waals surface area contributed by atoms with E-state index in [4.69, 9.17) is 9.47 Å². The molecule has 3 aliphatic rings. The molecule has 0 spiro atoms. The van der Waals surface area contributed by atoms with Crippen LogP contribution in [-0.2, 0) is 14.3 Å². The van der Waals surface area contributed by atoms with Crippen LogP contribution in [0.2, 0.25) is 0 Å². The summed E-state index contributed by atoms with van der Waals surface area (Å²) in [4.78, 5) is 12.7. The zero-order chi connectivity index (χ0) is 23.3. The topological polar surface area (TPSA) is 59.6 Å². The molecule has 33 heavy (non-hydrogen) atoms. The minimum Gasteiger partial charge on any atom is -0.462 e. The van der Waals surface area contributed by atoms with Gasteiger partial charge in [-0.1, -0.05) is 58.8 Å². The monoisotopic (exact) mass is 464 g/mol. The van der Waals surface area contributed by atoms with Gasteiger partial charge in [0.1, 0.15) is 6.10 Å². The van der Waals surface area contributed by atoms with Gasteiger partial charge in [-0.05, 0) is 69.6 Å². The van der Waals surface area contributed by atoms with Crippen LogP contribution >= 0.6 is 0 Å². The van der Waals surface area contributed by atoms with Gasteiger partial charge in [0.2, 0.25) is 0 Å². The molecular weight excluding hydrogens is 412 g/mol. The SMILES string of the molecule is CCCCCCCCOC1CNC(C2CCC(OC(=O)C3CCC(CCC)CC3)CC2)NC1. The van der Waals surface area contributed by atoms with E-state index in [1.54, 1.807) is 0 Å². The normalized spacial score (nSPS) is 33.0. The highest BCUT2D eigenvalue weighted by molar-refractivity contribution is 5.72. The molecule has 0 unspecified atom stereocenters. The molecule has 2 N–H and O–H groups in total. The number of ether oxygens (including phenoxy) is 2. The number of esters is 1. The largest absolute Gasteiger partial charge is 0.462 e. The quantitative estimate of drug-likeness (QED) is 0.260. The summed E-state index contributed by atoms with van der Waals surface area (Å²) < 4.78 is 12.0. The van der Waals surface area contributed by atoms with Crippen molar-refractivity contribution in [2.75, 3.05) is 19.7 Å². The van der Waals surface area contributed by atoms with Crippen molar-refractivity contribution in [2.24, 2.45) is 17.8 Å². The van der Waals surface area contributed by atoms with Gasteiger partial charge in [-0.15, -0.1) is 0 Å². The molecule has 2 aliphatic carbocycles. The first-order valence-electron chi connectivity index (χ1n) is 14.5. The summed E-state index contributed by atoms with van der Waals surface area (Å²) >= 11 is 0. The maximum Gasteiger partial charge on any atom is 0.309 e. The molecule has 0 aromatic heterocycles. The number of hydrogen-bond donors (Lipinski definition) is 2. The number of nitrogens with one attached hydrogen (secondary N) is 2. The Kier molecular flexibility index (Phi) is 12.5. The van der Waals surface area contributed by atoms with Crippen molar-refractivity contribution in [2.45, 2.75) is 135 Å². The van der Waals surface area contributed by atoms with Crippen LogP contribution in [0.1, 0.15) is 117 Å². The van der Waals surface area contributed by atoms with Gasteiger partial charge in [0, 0.05) is 19.7 Å². The molecular formula is C28H52N2O3. The fourth-order valence-corrected chi connectivity index (χ4v) is 6.14. The highest BCUT2D eigenvalue weighted by Crippen LogP contribution is 2.34. The third-order valence-corrected chi connectivity index (χ3v) is 8.33. The molecule has 1 aliphatic heterocycles. The van der Waals surface area contributed by atoms with Gasteiger partial charge >= 0.3 is 5.97 Å². The second-order valence-electron chi connectivity index (χ2n) is 11.0. The van der Waals surface area contributed by atoms with Crippen LogP contribution in [0.25, 0.3) is 0 Å². The molecule has 0 atom stereocenters. The smallest absolute Gasteiger partial charge is 0.309 e. The molecule has 5 nitrogen and oxygen atoms in total. The van der Waals surface area contributed by atoms with Crippen molar-refractivity contribution >= 4 is 5.97 Å². The Morgan fingerprint density at radius 2 is 1.42 bits per heavy atom. The molecule has 2 saturated carbocycles. The molecule has 0 bridgehead atoms.